The highest BCUT2D eigenvalue weighted by atomic mass is 16.5. The maximum absolute atomic E-state index is 11.8. The zero-order valence-electron chi connectivity index (χ0n) is 12.4. The van der Waals surface area contributed by atoms with Crippen LogP contribution in [0.3, 0.4) is 0 Å². The largest absolute Gasteiger partial charge is 0.497 e. The van der Waals surface area contributed by atoms with Gasteiger partial charge in [-0.1, -0.05) is 12.1 Å². The summed E-state index contributed by atoms with van der Waals surface area (Å²) in [5.74, 6) is -0.268. The van der Waals surface area contributed by atoms with Crippen molar-refractivity contribution >= 4 is 11.9 Å². The number of hydrogen-bond acceptors (Lipinski definition) is 5. The lowest BCUT2D eigenvalue weighted by atomic mass is 10.1. The molecule has 6 heteroatoms. The van der Waals surface area contributed by atoms with Gasteiger partial charge in [-0.3, -0.25) is 4.79 Å². The predicted molar refractivity (Wildman–Crippen MR) is 78.5 cm³/mol. The first kappa shape index (κ1) is 15.6. The van der Waals surface area contributed by atoms with Gasteiger partial charge in [-0.25, -0.2) is 4.79 Å². The molecule has 2 aromatic rings. The van der Waals surface area contributed by atoms with Crippen LogP contribution in [0, 0.1) is 0 Å². The maximum Gasteiger partial charge on any atom is 0.341 e. The fourth-order valence-electron chi connectivity index (χ4n) is 1.87. The number of nitrogens with one attached hydrogen (secondary N) is 1. The lowest BCUT2D eigenvalue weighted by Crippen LogP contribution is -2.31. The molecule has 0 fully saturated rings. The molecule has 1 atom stereocenters. The van der Waals surface area contributed by atoms with E-state index in [1.54, 1.807) is 7.11 Å². The number of furan rings is 1. The van der Waals surface area contributed by atoms with Crippen molar-refractivity contribution in [2.24, 2.45) is 0 Å². The van der Waals surface area contributed by atoms with Crippen LogP contribution in [0.4, 0.5) is 0 Å². The Kier molecular flexibility index (Phi) is 5.19. The summed E-state index contributed by atoms with van der Waals surface area (Å²) in [7, 11) is 1.58. The Bertz CT molecular complexity index is 636. The van der Waals surface area contributed by atoms with E-state index in [1.807, 2.05) is 31.2 Å². The molecule has 0 aliphatic carbocycles. The van der Waals surface area contributed by atoms with Crippen LogP contribution in [-0.2, 0) is 9.53 Å². The Morgan fingerprint density at radius 1 is 1.32 bits per heavy atom. The van der Waals surface area contributed by atoms with Crippen LogP contribution >= 0.6 is 0 Å². The molecule has 1 N–H and O–H groups in total. The topological polar surface area (TPSA) is 77.8 Å². The van der Waals surface area contributed by atoms with Gasteiger partial charge >= 0.3 is 5.97 Å². The molecule has 1 heterocycles. The van der Waals surface area contributed by atoms with Gasteiger partial charge in [-0.2, -0.15) is 0 Å². The molecule has 0 saturated carbocycles. The number of benzene rings is 1. The van der Waals surface area contributed by atoms with Crippen molar-refractivity contribution in [1.29, 1.82) is 0 Å². The van der Waals surface area contributed by atoms with Crippen molar-refractivity contribution in [2.75, 3.05) is 13.7 Å². The van der Waals surface area contributed by atoms with Crippen LogP contribution in [0.2, 0.25) is 0 Å². The number of esters is 1. The second kappa shape index (κ2) is 7.31. The average Bonchev–Trinajstić information content (AvgIpc) is 3.07. The van der Waals surface area contributed by atoms with Gasteiger partial charge < -0.3 is 19.2 Å². The fourth-order valence-corrected chi connectivity index (χ4v) is 1.87. The summed E-state index contributed by atoms with van der Waals surface area (Å²) in [6, 6.07) is 8.63. The van der Waals surface area contributed by atoms with Gasteiger partial charge in [0.25, 0.3) is 5.91 Å². The highest BCUT2D eigenvalue weighted by Crippen LogP contribution is 2.18. The quantitative estimate of drug-likeness (QED) is 0.829. The van der Waals surface area contributed by atoms with E-state index in [9.17, 15) is 9.59 Å². The van der Waals surface area contributed by atoms with Crippen LogP contribution in [0.1, 0.15) is 28.9 Å². The molecule has 22 heavy (non-hydrogen) atoms. The van der Waals surface area contributed by atoms with E-state index in [1.165, 1.54) is 18.6 Å². The SMILES string of the molecule is COc1cccc([C@H](C)NC(=O)COC(=O)c2ccoc2)c1. The number of methoxy groups -OCH3 is 1. The van der Waals surface area contributed by atoms with Crippen LogP contribution in [-0.4, -0.2) is 25.6 Å². The molecule has 1 aromatic heterocycles. The van der Waals surface area contributed by atoms with Gasteiger partial charge in [0.05, 0.1) is 25.0 Å². The molecular weight excluding hydrogens is 286 g/mol. The van der Waals surface area contributed by atoms with Crippen molar-refractivity contribution < 1.29 is 23.5 Å². The maximum atomic E-state index is 11.8. The minimum absolute atomic E-state index is 0.227. The van der Waals surface area contributed by atoms with Crippen molar-refractivity contribution in [3.63, 3.8) is 0 Å². The monoisotopic (exact) mass is 303 g/mol. The third-order valence-corrected chi connectivity index (χ3v) is 3.06. The van der Waals surface area contributed by atoms with Crippen molar-refractivity contribution in [2.45, 2.75) is 13.0 Å². The molecule has 6 nitrogen and oxygen atoms in total. The molecule has 0 spiro atoms. The van der Waals surface area contributed by atoms with Crippen LogP contribution in [0.15, 0.2) is 47.3 Å². The van der Waals surface area contributed by atoms with Crippen molar-refractivity contribution in [1.82, 2.24) is 5.32 Å². The van der Waals surface area contributed by atoms with Gasteiger partial charge in [0, 0.05) is 0 Å². The van der Waals surface area contributed by atoms with E-state index in [-0.39, 0.29) is 24.1 Å². The van der Waals surface area contributed by atoms with Gasteiger partial charge in [-0.15, -0.1) is 0 Å². The minimum Gasteiger partial charge on any atom is -0.497 e. The number of hydrogen-bond donors (Lipinski definition) is 1. The number of ether oxygens (including phenoxy) is 2. The normalized spacial score (nSPS) is 11.5. The van der Waals surface area contributed by atoms with E-state index in [2.05, 4.69) is 5.32 Å². The zero-order valence-corrected chi connectivity index (χ0v) is 12.4. The first-order valence-corrected chi connectivity index (χ1v) is 6.73. The fraction of sp³-hybridized carbons (Fsp3) is 0.250. The predicted octanol–water partition coefficient (Wildman–Crippen LogP) is 2.32. The molecule has 0 radical (unpaired) electrons. The summed E-state index contributed by atoms with van der Waals surface area (Å²) >= 11 is 0. The summed E-state index contributed by atoms with van der Waals surface area (Å²) in [6.45, 7) is 1.49. The standard InChI is InChI=1S/C16H17NO5/c1-11(12-4-3-5-14(8-12)20-2)17-15(18)10-22-16(19)13-6-7-21-9-13/h3-9,11H,10H2,1-2H3,(H,17,18)/t11-/m0/s1. The summed E-state index contributed by atoms with van der Waals surface area (Å²) in [5.41, 5.74) is 1.17. The molecule has 0 unspecified atom stereocenters. The third-order valence-electron chi connectivity index (χ3n) is 3.06. The van der Waals surface area contributed by atoms with Gasteiger partial charge in [0.15, 0.2) is 6.61 Å². The third kappa shape index (κ3) is 4.12. The first-order chi connectivity index (χ1) is 10.6. The number of carbonyl (C=O) groups excluding carboxylic acids is 2. The van der Waals surface area contributed by atoms with E-state index < -0.39 is 5.97 Å². The van der Waals surface area contributed by atoms with Crippen LogP contribution in [0.5, 0.6) is 5.75 Å². The second-order valence-corrected chi connectivity index (χ2v) is 4.65. The Labute approximate surface area is 128 Å². The highest BCUT2D eigenvalue weighted by molar-refractivity contribution is 5.90. The lowest BCUT2D eigenvalue weighted by Gasteiger charge is -2.15. The van der Waals surface area contributed by atoms with Crippen molar-refractivity contribution in [3.8, 4) is 5.75 Å². The molecule has 0 saturated heterocycles. The van der Waals surface area contributed by atoms with Gasteiger partial charge in [-0.05, 0) is 30.7 Å². The number of amides is 1. The Morgan fingerprint density at radius 2 is 2.14 bits per heavy atom. The number of carbonyl (C=O) groups is 2. The van der Waals surface area contributed by atoms with Crippen LogP contribution < -0.4 is 10.1 Å². The van der Waals surface area contributed by atoms with Crippen molar-refractivity contribution in [3.05, 3.63) is 54.0 Å². The van der Waals surface area contributed by atoms with E-state index in [0.29, 0.717) is 5.75 Å². The average molecular weight is 303 g/mol. The Balaban J connectivity index is 1.84. The molecule has 116 valence electrons. The van der Waals surface area contributed by atoms with E-state index in [0.717, 1.165) is 5.56 Å². The Morgan fingerprint density at radius 3 is 2.82 bits per heavy atom. The minimum atomic E-state index is -0.599. The molecule has 2 rings (SSSR count). The van der Waals surface area contributed by atoms with E-state index >= 15 is 0 Å². The second-order valence-electron chi connectivity index (χ2n) is 4.65. The van der Waals surface area contributed by atoms with Gasteiger partial charge in [0.2, 0.25) is 0 Å². The first-order valence-electron chi connectivity index (χ1n) is 6.73. The molecule has 1 aromatic carbocycles. The van der Waals surface area contributed by atoms with E-state index in [4.69, 9.17) is 13.9 Å². The van der Waals surface area contributed by atoms with Gasteiger partial charge in [0.1, 0.15) is 12.0 Å². The smallest absolute Gasteiger partial charge is 0.341 e. The lowest BCUT2D eigenvalue weighted by molar-refractivity contribution is -0.124. The molecular formula is C16H17NO5. The summed E-state index contributed by atoms with van der Waals surface area (Å²) < 4.78 is 14.8. The number of rotatable bonds is 6. The molecule has 0 aliphatic rings. The summed E-state index contributed by atoms with van der Waals surface area (Å²) in [4.78, 5) is 23.4. The molecule has 1 amide bonds. The highest BCUT2D eigenvalue weighted by Gasteiger charge is 2.14. The Hall–Kier alpha value is -2.76. The molecule has 0 bridgehead atoms. The van der Waals surface area contributed by atoms with Crippen LogP contribution in [0.25, 0.3) is 0 Å². The molecule has 0 aliphatic heterocycles. The zero-order chi connectivity index (χ0) is 15.9. The summed E-state index contributed by atoms with van der Waals surface area (Å²) in [6.07, 6.45) is 2.63. The summed E-state index contributed by atoms with van der Waals surface area (Å²) in [5, 5.41) is 2.75.